The summed E-state index contributed by atoms with van der Waals surface area (Å²) in [4.78, 5) is 0. The highest BCUT2D eigenvalue weighted by Gasteiger charge is 2.23. The van der Waals surface area contributed by atoms with Crippen LogP contribution in [0, 0.1) is 0 Å². The summed E-state index contributed by atoms with van der Waals surface area (Å²) in [5, 5.41) is 4.06. The smallest absolute Gasteiger partial charge is 0.303 e. The van der Waals surface area contributed by atoms with Crippen molar-refractivity contribution in [2.75, 3.05) is 14.1 Å². The van der Waals surface area contributed by atoms with Gasteiger partial charge in [0.2, 0.25) is 0 Å². The van der Waals surface area contributed by atoms with Crippen molar-refractivity contribution in [2.45, 2.75) is 6.18 Å². The van der Waals surface area contributed by atoms with Crippen LogP contribution in [-0.2, 0) is 0 Å². The fourth-order valence-electron chi connectivity index (χ4n) is 0.181. The van der Waals surface area contributed by atoms with Crippen molar-refractivity contribution in [2.24, 2.45) is 5.10 Å². The van der Waals surface area contributed by atoms with E-state index >= 15 is 0 Å². The zero-order chi connectivity index (χ0) is 7.49. The number of hydrazone groups is 1. The summed E-state index contributed by atoms with van der Waals surface area (Å²) >= 11 is 0. The fraction of sp³-hybridized carbons (Fsp3) is 0.750. The molecular formula is C4H7F3N2. The predicted octanol–water partition coefficient (Wildman–Crippen LogP) is 1.10. The molecule has 0 saturated carbocycles. The average Bonchev–Trinajstić information content (AvgIpc) is 1.59. The van der Waals surface area contributed by atoms with Gasteiger partial charge in [-0.05, 0) is 0 Å². The quantitative estimate of drug-likeness (QED) is 0.393. The summed E-state index contributed by atoms with van der Waals surface area (Å²) in [6.45, 7) is 0. The topological polar surface area (TPSA) is 15.6 Å². The molecule has 0 aromatic heterocycles. The second-order valence-corrected chi connectivity index (χ2v) is 1.63. The third-order valence-electron chi connectivity index (χ3n) is 0.435. The first-order valence-corrected chi connectivity index (χ1v) is 2.21. The molecule has 5 heteroatoms. The summed E-state index contributed by atoms with van der Waals surface area (Å²) in [6.07, 6.45) is -4.36. The van der Waals surface area contributed by atoms with Crippen LogP contribution < -0.4 is 0 Å². The lowest BCUT2D eigenvalue weighted by atomic mass is 10.7. The molecule has 0 amide bonds. The minimum atomic E-state index is -4.30. The molecule has 0 spiro atoms. The summed E-state index contributed by atoms with van der Waals surface area (Å²) < 4.78 is 33.7. The number of hydrogen-bond donors (Lipinski definition) is 0. The maximum Gasteiger partial charge on any atom is 0.428 e. The van der Waals surface area contributed by atoms with Gasteiger partial charge in [-0.2, -0.15) is 18.3 Å². The highest BCUT2D eigenvalue weighted by Crippen LogP contribution is 2.10. The zero-order valence-electron chi connectivity index (χ0n) is 5.11. The molecule has 0 aliphatic carbocycles. The Morgan fingerprint density at radius 3 is 1.89 bits per heavy atom. The normalized spacial score (nSPS) is 12.6. The van der Waals surface area contributed by atoms with Gasteiger partial charge in [-0.3, -0.25) is 0 Å². The standard InChI is InChI=1S/C4H7F3N2/c1-9(2)8-3-4(5,6)7/h3H,1-2H3/b8-3+. The Balaban J connectivity index is 3.71. The number of nitrogens with zero attached hydrogens (tertiary/aromatic N) is 2. The van der Waals surface area contributed by atoms with E-state index in [1.165, 1.54) is 14.1 Å². The average molecular weight is 140 g/mol. The van der Waals surface area contributed by atoms with Crippen LogP contribution in [0.5, 0.6) is 0 Å². The van der Waals surface area contributed by atoms with Gasteiger partial charge in [0.1, 0.15) is 6.21 Å². The van der Waals surface area contributed by atoms with Crippen molar-refractivity contribution < 1.29 is 13.2 Å². The van der Waals surface area contributed by atoms with Crippen molar-refractivity contribution in [1.29, 1.82) is 0 Å². The van der Waals surface area contributed by atoms with E-state index in [1.54, 1.807) is 0 Å². The van der Waals surface area contributed by atoms with Crippen LogP contribution in [0.15, 0.2) is 5.10 Å². The number of halogens is 3. The van der Waals surface area contributed by atoms with Gasteiger partial charge in [0.05, 0.1) is 0 Å². The summed E-state index contributed by atoms with van der Waals surface area (Å²) in [5.74, 6) is 0. The Morgan fingerprint density at radius 1 is 1.33 bits per heavy atom. The van der Waals surface area contributed by atoms with Gasteiger partial charge in [-0.25, -0.2) is 0 Å². The maximum atomic E-state index is 11.2. The molecule has 0 heterocycles. The molecule has 0 radical (unpaired) electrons. The molecule has 54 valence electrons. The minimum Gasteiger partial charge on any atom is -0.303 e. The van der Waals surface area contributed by atoms with E-state index in [9.17, 15) is 13.2 Å². The van der Waals surface area contributed by atoms with Crippen molar-refractivity contribution in [1.82, 2.24) is 5.01 Å². The zero-order valence-corrected chi connectivity index (χ0v) is 5.11. The van der Waals surface area contributed by atoms with Crippen molar-refractivity contribution in [3.63, 3.8) is 0 Å². The largest absolute Gasteiger partial charge is 0.428 e. The van der Waals surface area contributed by atoms with Gasteiger partial charge in [0, 0.05) is 14.1 Å². The third kappa shape index (κ3) is 7.26. The lowest BCUT2D eigenvalue weighted by Crippen LogP contribution is -2.12. The Kier molecular flexibility index (Phi) is 2.48. The van der Waals surface area contributed by atoms with Crippen molar-refractivity contribution in [3.05, 3.63) is 0 Å². The Morgan fingerprint density at radius 2 is 1.78 bits per heavy atom. The van der Waals surface area contributed by atoms with E-state index in [4.69, 9.17) is 0 Å². The molecule has 0 fully saturated rings. The fourth-order valence-corrected chi connectivity index (χ4v) is 0.181. The SMILES string of the molecule is CN(C)/N=C/C(F)(F)F. The molecule has 0 aliphatic rings. The molecule has 0 saturated heterocycles. The second-order valence-electron chi connectivity index (χ2n) is 1.63. The molecular weight excluding hydrogens is 133 g/mol. The molecule has 0 aliphatic heterocycles. The molecule has 0 unspecified atom stereocenters. The molecule has 0 bridgehead atoms. The van der Waals surface area contributed by atoms with Crippen LogP contribution in [0.4, 0.5) is 13.2 Å². The minimum absolute atomic E-state index is 0.0625. The molecule has 0 aromatic rings. The van der Waals surface area contributed by atoms with E-state index in [0.29, 0.717) is 0 Å². The molecule has 0 atom stereocenters. The number of alkyl halides is 3. The van der Waals surface area contributed by atoms with Gasteiger partial charge in [0.25, 0.3) is 0 Å². The molecule has 0 N–H and O–H groups in total. The summed E-state index contributed by atoms with van der Waals surface area (Å²) in [5.41, 5.74) is 0. The van der Waals surface area contributed by atoms with Gasteiger partial charge >= 0.3 is 6.18 Å². The Hall–Kier alpha value is -0.740. The molecule has 2 nitrogen and oxygen atoms in total. The first-order chi connectivity index (χ1) is 3.92. The van der Waals surface area contributed by atoms with Crippen LogP contribution in [0.2, 0.25) is 0 Å². The van der Waals surface area contributed by atoms with Gasteiger partial charge in [-0.1, -0.05) is 0 Å². The summed E-state index contributed by atoms with van der Waals surface area (Å²) in [7, 11) is 2.84. The first kappa shape index (κ1) is 8.26. The van der Waals surface area contributed by atoms with Gasteiger partial charge in [0.15, 0.2) is 0 Å². The monoisotopic (exact) mass is 140 g/mol. The first-order valence-electron chi connectivity index (χ1n) is 2.21. The van der Waals surface area contributed by atoms with E-state index in [0.717, 1.165) is 5.01 Å². The van der Waals surface area contributed by atoms with Gasteiger partial charge < -0.3 is 5.01 Å². The molecule has 0 rings (SSSR count). The highest BCUT2D eigenvalue weighted by molar-refractivity contribution is 5.63. The van der Waals surface area contributed by atoms with Crippen LogP contribution in [0.3, 0.4) is 0 Å². The second kappa shape index (κ2) is 2.70. The number of hydrogen-bond acceptors (Lipinski definition) is 2. The summed E-state index contributed by atoms with van der Waals surface area (Å²) in [6, 6.07) is 0. The van der Waals surface area contributed by atoms with E-state index < -0.39 is 6.18 Å². The lowest BCUT2D eigenvalue weighted by molar-refractivity contribution is -0.0545. The number of rotatable bonds is 1. The predicted molar refractivity (Wildman–Crippen MR) is 28.2 cm³/mol. The van der Waals surface area contributed by atoms with E-state index in [-0.39, 0.29) is 6.21 Å². The van der Waals surface area contributed by atoms with Crippen LogP contribution in [0.1, 0.15) is 0 Å². The third-order valence-corrected chi connectivity index (χ3v) is 0.435. The van der Waals surface area contributed by atoms with Crippen LogP contribution in [0.25, 0.3) is 0 Å². The van der Waals surface area contributed by atoms with E-state index in [2.05, 4.69) is 5.10 Å². The Bertz CT molecular complexity index is 105. The van der Waals surface area contributed by atoms with Gasteiger partial charge in [-0.15, -0.1) is 0 Å². The van der Waals surface area contributed by atoms with Crippen LogP contribution >= 0.6 is 0 Å². The molecule has 0 aromatic carbocycles. The van der Waals surface area contributed by atoms with Crippen molar-refractivity contribution in [3.8, 4) is 0 Å². The maximum absolute atomic E-state index is 11.2. The van der Waals surface area contributed by atoms with Crippen LogP contribution in [-0.4, -0.2) is 31.5 Å². The lowest BCUT2D eigenvalue weighted by Gasteiger charge is -2.03. The van der Waals surface area contributed by atoms with Crippen molar-refractivity contribution >= 4 is 6.21 Å². The molecule has 9 heavy (non-hydrogen) atoms. The Labute approximate surface area is 51.0 Å². The van der Waals surface area contributed by atoms with E-state index in [1.807, 2.05) is 0 Å². The highest BCUT2D eigenvalue weighted by atomic mass is 19.4.